The predicted octanol–water partition coefficient (Wildman–Crippen LogP) is 4.07. The van der Waals surface area contributed by atoms with Gasteiger partial charge in [0.1, 0.15) is 0 Å². The number of nitrogens with zero attached hydrogens (tertiary/aromatic N) is 5. The molecular weight excluding hydrogens is 531 g/mol. The number of aryl methyl sites for hydroxylation is 1. The first-order chi connectivity index (χ1) is 14.0. The van der Waals surface area contributed by atoms with E-state index < -0.39 is 0 Å². The molecule has 1 aliphatic heterocycles. The van der Waals surface area contributed by atoms with E-state index in [0.717, 1.165) is 66.5 Å². The lowest BCUT2D eigenvalue weighted by Gasteiger charge is -2.35. The molecule has 1 N–H and O–H groups in total. The van der Waals surface area contributed by atoms with E-state index in [0.29, 0.717) is 6.54 Å². The van der Waals surface area contributed by atoms with Crippen LogP contribution in [0.2, 0.25) is 5.02 Å². The van der Waals surface area contributed by atoms with Crippen LogP contribution in [0.1, 0.15) is 23.2 Å². The van der Waals surface area contributed by atoms with Gasteiger partial charge >= 0.3 is 0 Å². The summed E-state index contributed by atoms with van der Waals surface area (Å²) in [6, 6.07) is 6.16. The Balaban J connectivity index is 0.00000320. The molecule has 9 heteroatoms. The Morgan fingerprint density at radius 1 is 1.30 bits per heavy atom. The van der Waals surface area contributed by atoms with E-state index >= 15 is 0 Å². The molecule has 30 heavy (non-hydrogen) atoms. The van der Waals surface area contributed by atoms with Gasteiger partial charge < -0.3 is 20.0 Å². The molecule has 1 saturated heterocycles. The van der Waals surface area contributed by atoms with Gasteiger partial charge in [0.25, 0.3) is 0 Å². The zero-order valence-corrected chi connectivity index (χ0v) is 22.1. The number of aromatic nitrogens is 1. The molecule has 6 nitrogen and oxygen atoms in total. The molecule has 0 spiro atoms. The number of hydrogen-bond donors (Lipinski definition) is 1. The molecule has 0 amide bonds. The van der Waals surface area contributed by atoms with Crippen LogP contribution >= 0.6 is 46.9 Å². The fraction of sp³-hybridized carbons (Fsp3) is 0.524. The van der Waals surface area contributed by atoms with Crippen molar-refractivity contribution in [2.45, 2.75) is 26.9 Å². The Labute approximate surface area is 206 Å². The van der Waals surface area contributed by atoms with Gasteiger partial charge in [0.15, 0.2) is 5.96 Å². The molecule has 0 bridgehead atoms. The molecule has 0 saturated carbocycles. The molecule has 2 heterocycles. The molecule has 1 fully saturated rings. The fourth-order valence-electron chi connectivity index (χ4n) is 3.47. The predicted molar refractivity (Wildman–Crippen MR) is 140 cm³/mol. The van der Waals surface area contributed by atoms with Gasteiger partial charge in [-0.25, -0.2) is 9.98 Å². The molecule has 1 aromatic heterocycles. The summed E-state index contributed by atoms with van der Waals surface area (Å²) < 4.78 is 0. The van der Waals surface area contributed by atoms with E-state index in [1.165, 1.54) is 5.69 Å². The van der Waals surface area contributed by atoms with E-state index in [-0.39, 0.29) is 24.0 Å². The highest BCUT2D eigenvalue weighted by atomic mass is 127. The summed E-state index contributed by atoms with van der Waals surface area (Å²) in [6.45, 7) is 10.3. The maximum Gasteiger partial charge on any atom is 0.194 e. The number of anilines is 1. The molecule has 2 aromatic rings. The number of hydrogen-bond acceptors (Lipinski definition) is 5. The van der Waals surface area contributed by atoms with Gasteiger partial charge in [-0.15, -0.1) is 35.3 Å². The first-order valence-electron chi connectivity index (χ1n) is 10.1. The molecule has 0 radical (unpaired) electrons. The highest BCUT2D eigenvalue weighted by Crippen LogP contribution is 2.29. The van der Waals surface area contributed by atoms with Crippen LogP contribution in [-0.4, -0.2) is 67.6 Å². The van der Waals surface area contributed by atoms with Crippen molar-refractivity contribution in [3.8, 4) is 0 Å². The van der Waals surface area contributed by atoms with Crippen molar-refractivity contribution < 1.29 is 0 Å². The lowest BCUT2D eigenvalue weighted by Crippen LogP contribution is -2.44. The smallest absolute Gasteiger partial charge is 0.194 e. The van der Waals surface area contributed by atoms with Gasteiger partial charge in [-0.3, -0.25) is 0 Å². The van der Waals surface area contributed by atoms with Gasteiger partial charge in [0.2, 0.25) is 0 Å². The standard InChI is InChI=1S/C21H31ClN6S.HI/c1-5-23-21(27(4)14-17-15-29-16(2)25-17)24-13-18-19(22)7-6-8-20(18)28-11-9-26(3)10-12-28;/h6-8,15H,5,9-14H2,1-4H3,(H,23,24);1H. The summed E-state index contributed by atoms with van der Waals surface area (Å²) in [7, 11) is 4.22. The Kier molecular flexibility index (Phi) is 10.1. The summed E-state index contributed by atoms with van der Waals surface area (Å²) in [5.74, 6) is 0.863. The van der Waals surface area contributed by atoms with Crippen LogP contribution in [-0.2, 0) is 13.1 Å². The zero-order valence-electron chi connectivity index (χ0n) is 18.2. The number of benzene rings is 1. The van der Waals surface area contributed by atoms with Gasteiger partial charge in [-0.2, -0.15) is 0 Å². The molecule has 1 aliphatic rings. The highest BCUT2D eigenvalue weighted by molar-refractivity contribution is 14.0. The van der Waals surface area contributed by atoms with Crippen LogP contribution in [0.25, 0.3) is 0 Å². The molecule has 166 valence electrons. The highest BCUT2D eigenvalue weighted by Gasteiger charge is 2.18. The van der Waals surface area contributed by atoms with E-state index in [1.54, 1.807) is 11.3 Å². The van der Waals surface area contributed by atoms with Crippen LogP contribution in [0.5, 0.6) is 0 Å². The fourth-order valence-corrected chi connectivity index (χ4v) is 4.30. The molecule has 0 aliphatic carbocycles. The van der Waals surface area contributed by atoms with Crippen molar-refractivity contribution in [2.24, 2.45) is 4.99 Å². The molecule has 0 unspecified atom stereocenters. The number of halogens is 2. The zero-order chi connectivity index (χ0) is 20.8. The van der Waals surface area contributed by atoms with Crippen LogP contribution in [0.4, 0.5) is 5.69 Å². The average molecular weight is 563 g/mol. The van der Waals surface area contributed by atoms with Crippen molar-refractivity contribution in [2.75, 3.05) is 51.7 Å². The van der Waals surface area contributed by atoms with E-state index in [4.69, 9.17) is 16.6 Å². The third-order valence-corrected chi connectivity index (χ3v) is 6.26. The van der Waals surface area contributed by atoms with Crippen molar-refractivity contribution in [1.29, 1.82) is 0 Å². The minimum atomic E-state index is 0. The van der Waals surface area contributed by atoms with Gasteiger partial charge in [0, 0.05) is 61.4 Å². The van der Waals surface area contributed by atoms with Crippen LogP contribution in [0.3, 0.4) is 0 Å². The number of guanidine groups is 1. The van der Waals surface area contributed by atoms with E-state index in [1.807, 2.05) is 26.1 Å². The molecule has 3 rings (SSSR count). The SMILES string of the molecule is CCNC(=NCc1c(Cl)cccc1N1CCN(C)CC1)N(C)Cc1csc(C)n1.I. The number of rotatable bonds is 6. The largest absolute Gasteiger partial charge is 0.369 e. The number of likely N-dealkylation sites (N-methyl/N-ethyl adjacent to an activating group) is 1. The number of aliphatic imine (C=N–C) groups is 1. The lowest BCUT2D eigenvalue weighted by molar-refractivity contribution is 0.312. The van der Waals surface area contributed by atoms with Crippen molar-refractivity contribution in [3.05, 3.63) is 44.9 Å². The number of thiazole rings is 1. The van der Waals surface area contributed by atoms with Crippen molar-refractivity contribution >= 4 is 58.6 Å². The third kappa shape index (κ3) is 6.70. The normalized spacial score (nSPS) is 15.1. The first-order valence-corrected chi connectivity index (χ1v) is 11.3. The summed E-state index contributed by atoms with van der Waals surface area (Å²) in [6.07, 6.45) is 0. The van der Waals surface area contributed by atoms with Crippen molar-refractivity contribution in [1.82, 2.24) is 20.1 Å². The Hall–Kier alpha value is -1.10. The molecular formula is C21H32ClIN6S. The third-order valence-electron chi connectivity index (χ3n) is 5.09. The average Bonchev–Trinajstić information content (AvgIpc) is 3.11. The van der Waals surface area contributed by atoms with Gasteiger partial charge in [-0.05, 0) is 33.0 Å². The minimum absolute atomic E-state index is 0. The van der Waals surface area contributed by atoms with Crippen LogP contribution in [0.15, 0.2) is 28.6 Å². The second-order valence-electron chi connectivity index (χ2n) is 7.41. The monoisotopic (exact) mass is 562 g/mol. The maximum absolute atomic E-state index is 6.60. The number of piperazine rings is 1. The van der Waals surface area contributed by atoms with E-state index in [2.05, 4.69) is 50.4 Å². The maximum atomic E-state index is 6.60. The summed E-state index contributed by atoms with van der Waals surface area (Å²) in [5, 5.41) is 7.36. The van der Waals surface area contributed by atoms with Gasteiger partial charge in [0.05, 0.1) is 23.8 Å². The minimum Gasteiger partial charge on any atom is -0.369 e. The summed E-state index contributed by atoms with van der Waals surface area (Å²) in [5.41, 5.74) is 3.35. The lowest BCUT2D eigenvalue weighted by atomic mass is 10.1. The summed E-state index contributed by atoms with van der Waals surface area (Å²) in [4.78, 5) is 16.4. The second-order valence-corrected chi connectivity index (χ2v) is 8.88. The molecule has 1 aromatic carbocycles. The second kappa shape index (κ2) is 12.1. The Bertz CT molecular complexity index is 835. The van der Waals surface area contributed by atoms with Crippen LogP contribution < -0.4 is 10.2 Å². The Morgan fingerprint density at radius 2 is 2.03 bits per heavy atom. The van der Waals surface area contributed by atoms with Crippen LogP contribution in [0, 0.1) is 6.92 Å². The summed E-state index contributed by atoms with van der Waals surface area (Å²) >= 11 is 8.28. The van der Waals surface area contributed by atoms with Gasteiger partial charge in [-0.1, -0.05) is 17.7 Å². The quantitative estimate of drug-likeness (QED) is 0.327. The topological polar surface area (TPSA) is 47.0 Å². The van der Waals surface area contributed by atoms with E-state index in [9.17, 15) is 0 Å². The number of nitrogens with one attached hydrogen (secondary N) is 1. The molecule has 0 atom stereocenters. The Morgan fingerprint density at radius 3 is 2.67 bits per heavy atom. The first kappa shape index (κ1) is 25.2. The van der Waals surface area contributed by atoms with Crippen molar-refractivity contribution in [3.63, 3.8) is 0 Å².